The smallest absolute Gasteiger partial charge is 0.156 e. The van der Waals surface area contributed by atoms with Crippen LogP contribution in [0, 0.1) is 40.4 Å². The molecule has 0 saturated heterocycles. The molecule has 1 saturated carbocycles. The van der Waals surface area contributed by atoms with E-state index < -0.39 is 0 Å². The van der Waals surface area contributed by atoms with Crippen LogP contribution < -0.4 is 0 Å². The lowest BCUT2D eigenvalue weighted by Gasteiger charge is -2.51. The summed E-state index contributed by atoms with van der Waals surface area (Å²) in [6.07, 6.45) is 18.5. The lowest BCUT2D eigenvalue weighted by molar-refractivity contribution is -0.116. The maximum absolute atomic E-state index is 12.0. The highest BCUT2D eigenvalue weighted by Crippen LogP contribution is 2.63. The molecule has 0 bridgehead atoms. The Bertz CT molecular complexity index is 806. The Morgan fingerprint density at radius 3 is 2.45 bits per heavy atom. The van der Waals surface area contributed by atoms with Gasteiger partial charge in [0, 0.05) is 6.42 Å². The molecular formula is C28H40O. The number of hydrogen-bond donors (Lipinski definition) is 0. The van der Waals surface area contributed by atoms with E-state index in [0.29, 0.717) is 34.9 Å². The molecule has 0 spiro atoms. The predicted molar refractivity (Wildman–Crippen MR) is 122 cm³/mol. The predicted octanol–water partition coefficient (Wildman–Crippen LogP) is 7.46. The van der Waals surface area contributed by atoms with Crippen molar-refractivity contribution in [3.8, 4) is 0 Å². The normalized spacial score (nSPS) is 38.7. The first-order valence-electron chi connectivity index (χ1n) is 12.0. The Morgan fingerprint density at radius 1 is 0.966 bits per heavy atom. The maximum atomic E-state index is 12.0. The third kappa shape index (κ3) is 3.33. The highest BCUT2D eigenvalue weighted by Gasteiger charge is 2.53. The van der Waals surface area contributed by atoms with E-state index in [-0.39, 0.29) is 5.41 Å². The first-order chi connectivity index (χ1) is 13.7. The molecule has 0 heterocycles. The van der Waals surface area contributed by atoms with Crippen LogP contribution in [0.15, 0.2) is 47.1 Å². The van der Waals surface area contributed by atoms with E-state index >= 15 is 0 Å². The van der Waals surface area contributed by atoms with Gasteiger partial charge in [0.05, 0.1) is 0 Å². The number of allylic oxidation sites excluding steroid dienone is 8. The Morgan fingerprint density at radius 2 is 1.72 bits per heavy atom. The number of fused-ring (bicyclic) bond motifs is 4. The van der Waals surface area contributed by atoms with Gasteiger partial charge in [-0.1, -0.05) is 71.4 Å². The summed E-state index contributed by atoms with van der Waals surface area (Å²) in [6, 6.07) is 0. The summed E-state index contributed by atoms with van der Waals surface area (Å²) in [5.41, 5.74) is 5.21. The molecular weight excluding hydrogens is 352 g/mol. The Balaban J connectivity index is 1.65. The minimum atomic E-state index is 0.169. The van der Waals surface area contributed by atoms with Crippen LogP contribution in [0.5, 0.6) is 0 Å². The zero-order chi connectivity index (χ0) is 21.0. The average molecular weight is 393 g/mol. The van der Waals surface area contributed by atoms with Gasteiger partial charge in [-0.3, -0.25) is 4.79 Å². The van der Waals surface area contributed by atoms with Crippen molar-refractivity contribution < 1.29 is 4.79 Å². The van der Waals surface area contributed by atoms with Gasteiger partial charge in [0.1, 0.15) is 0 Å². The topological polar surface area (TPSA) is 17.1 Å². The summed E-state index contributed by atoms with van der Waals surface area (Å²) in [7, 11) is 0. The highest BCUT2D eigenvalue weighted by atomic mass is 16.1. The van der Waals surface area contributed by atoms with Crippen molar-refractivity contribution in [3.63, 3.8) is 0 Å². The quantitative estimate of drug-likeness (QED) is 0.454. The molecule has 1 fully saturated rings. The Kier molecular flexibility index (Phi) is 5.33. The van der Waals surface area contributed by atoms with E-state index in [2.05, 4.69) is 65.8 Å². The second-order valence-electron chi connectivity index (χ2n) is 11.3. The van der Waals surface area contributed by atoms with Crippen molar-refractivity contribution in [1.82, 2.24) is 0 Å². The largest absolute Gasteiger partial charge is 0.295 e. The third-order valence-electron chi connectivity index (χ3n) is 9.37. The fraction of sp³-hybridized carbons (Fsp3) is 0.679. The summed E-state index contributed by atoms with van der Waals surface area (Å²) >= 11 is 0. The van der Waals surface area contributed by atoms with Gasteiger partial charge in [-0.15, -0.1) is 0 Å². The second kappa shape index (κ2) is 7.40. The molecule has 4 rings (SSSR count). The SMILES string of the molecule is CC(C)C(C)/C=C\C(C)[C@H]1CCC2=C3C=CC4=CC(=O)CC[C@]4(C)C3CC[C@@]21C. The third-order valence-corrected chi connectivity index (χ3v) is 9.37. The van der Waals surface area contributed by atoms with Crippen molar-refractivity contribution in [3.05, 3.63) is 47.1 Å². The van der Waals surface area contributed by atoms with E-state index in [1.54, 1.807) is 11.1 Å². The molecule has 158 valence electrons. The van der Waals surface area contributed by atoms with Crippen LogP contribution >= 0.6 is 0 Å². The van der Waals surface area contributed by atoms with E-state index in [4.69, 9.17) is 0 Å². The fourth-order valence-electron chi connectivity index (χ4n) is 6.91. The van der Waals surface area contributed by atoms with Gasteiger partial charge < -0.3 is 0 Å². The molecule has 4 aliphatic rings. The van der Waals surface area contributed by atoms with E-state index in [1.807, 2.05) is 6.08 Å². The fourth-order valence-corrected chi connectivity index (χ4v) is 6.91. The molecule has 0 amide bonds. The van der Waals surface area contributed by atoms with Crippen LogP contribution in [-0.4, -0.2) is 5.78 Å². The summed E-state index contributed by atoms with van der Waals surface area (Å²) in [6.45, 7) is 14.4. The number of carbonyl (C=O) groups excluding carboxylic acids is 1. The second-order valence-corrected chi connectivity index (χ2v) is 11.3. The van der Waals surface area contributed by atoms with Gasteiger partial charge >= 0.3 is 0 Å². The first-order valence-corrected chi connectivity index (χ1v) is 12.0. The number of ketones is 1. The van der Waals surface area contributed by atoms with E-state index in [9.17, 15) is 4.79 Å². The van der Waals surface area contributed by atoms with Gasteiger partial charge in [-0.2, -0.15) is 0 Å². The summed E-state index contributed by atoms with van der Waals surface area (Å²) in [5.74, 6) is 3.69. The van der Waals surface area contributed by atoms with Gasteiger partial charge in [-0.25, -0.2) is 0 Å². The van der Waals surface area contributed by atoms with Crippen LogP contribution in [0.25, 0.3) is 0 Å². The molecule has 0 radical (unpaired) electrons. The Labute approximate surface area is 178 Å². The summed E-state index contributed by atoms with van der Waals surface area (Å²) < 4.78 is 0. The zero-order valence-corrected chi connectivity index (χ0v) is 19.4. The number of rotatable bonds is 4. The molecule has 6 atom stereocenters. The minimum absolute atomic E-state index is 0.169. The molecule has 4 aliphatic carbocycles. The van der Waals surface area contributed by atoms with Gasteiger partial charge in [0.2, 0.25) is 0 Å². The van der Waals surface area contributed by atoms with Crippen molar-refractivity contribution in [2.24, 2.45) is 40.4 Å². The van der Waals surface area contributed by atoms with Gasteiger partial charge in [-0.05, 0) is 89.7 Å². The maximum Gasteiger partial charge on any atom is 0.156 e. The number of carbonyl (C=O) groups is 1. The lowest BCUT2D eigenvalue weighted by atomic mass is 9.53. The zero-order valence-electron chi connectivity index (χ0n) is 19.4. The number of hydrogen-bond acceptors (Lipinski definition) is 1. The van der Waals surface area contributed by atoms with Crippen LogP contribution in [0.4, 0.5) is 0 Å². The average Bonchev–Trinajstić information content (AvgIpc) is 3.03. The molecule has 1 nitrogen and oxygen atoms in total. The first kappa shape index (κ1) is 20.9. The molecule has 0 N–H and O–H groups in total. The molecule has 0 aliphatic heterocycles. The van der Waals surface area contributed by atoms with Crippen LogP contribution in [-0.2, 0) is 4.79 Å². The van der Waals surface area contributed by atoms with Crippen LogP contribution in [0.3, 0.4) is 0 Å². The van der Waals surface area contributed by atoms with Gasteiger partial charge in [0.15, 0.2) is 5.78 Å². The molecule has 0 aromatic carbocycles. The van der Waals surface area contributed by atoms with Crippen molar-refractivity contribution in [1.29, 1.82) is 0 Å². The van der Waals surface area contributed by atoms with Crippen molar-refractivity contribution in [2.45, 2.75) is 80.1 Å². The molecule has 29 heavy (non-hydrogen) atoms. The summed E-state index contributed by atoms with van der Waals surface area (Å²) in [4.78, 5) is 12.0. The van der Waals surface area contributed by atoms with Gasteiger partial charge in [0.25, 0.3) is 0 Å². The molecule has 1 heteroatoms. The lowest BCUT2D eigenvalue weighted by Crippen LogP contribution is -2.41. The molecule has 0 aromatic heterocycles. The van der Waals surface area contributed by atoms with E-state index in [1.165, 1.54) is 31.3 Å². The molecule has 0 aromatic rings. The van der Waals surface area contributed by atoms with Crippen molar-refractivity contribution in [2.75, 3.05) is 0 Å². The van der Waals surface area contributed by atoms with Crippen LogP contribution in [0.2, 0.25) is 0 Å². The van der Waals surface area contributed by atoms with E-state index in [0.717, 1.165) is 18.8 Å². The Hall–Kier alpha value is -1.37. The summed E-state index contributed by atoms with van der Waals surface area (Å²) in [5, 5.41) is 0. The standard InChI is InChI=1S/C28H40O/c1-18(2)19(3)7-8-20(4)24-11-12-25-23-10-9-21-17-22(29)13-15-27(21,5)26(23)14-16-28(24,25)6/h7-10,17-20,24,26H,11-16H2,1-6H3/b8-7-/t19?,20?,24-,26?,27+,28-/m1/s1. The van der Waals surface area contributed by atoms with Crippen molar-refractivity contribution >= 4 is 5.78 Å². The monoisotopic (exact) mass is 392 g/mol. The highest BCUT2D eigenvalue weighted by molar-refractivity contribution is 5.92. The van der Waals surface area contributed by atoms with Crippen LogP contribution in [0.1, 0.15) is 80.1 Å². The minimum Gasteiger partial charge on any atom is -0.295 e. The molecule has 3 unspecified atom stereocenters.